The Morgan fingerprint density at radius 2 is 2.15 bits per heavy atom. The fourth-order valence-corrected chi connectivity index (χ4v) is 3.77. The van der Waals surface area contributed by atoms with E-state index < -0.39 is 5.97 Å². The lowest BCUT2D eigenvalue weighted by Crippen LogP contribution is -2.44. The van der Waals surface area contributed by atoms with E-state index in [9.17, 15) is 9.59 Å². The highest BCUT2D eigenvalue weighted by atomic mass is 32.1. The van der Waals surface area contributed by atoms with Crippen LogP contribution in [0.2, 0.25) is 0 Å². The standard InChI is InChI=1S/C15H21NO3S/c1-10-9-13(11(2)20-10)15(19)16-8-4-3-5-12(16)6-7-14(17)18/h9,12H,3-8H2,1-2H3,(H,17,18)/t12-/m1/s1. The Hall–Kier alpha value is -1.36. The molecule has 1 saturated heterocycles. The van der Waals surface area contributed by atoms with Crippen molar-refractivity contribution in [2.75, 3.05) is 6.54 Å². The molecule has 5 heteroatoms. The topological polar surface area (TPSA) is 57.6 Å². The van der Waals surface area contributed by atoms with Crippen molar-refractivity contribution >= 4 is 23.2 Å². The number of hydrogen-bond donors (Lipinski definition) is 1. The van der Waals surface area contributed by atoms with Crippen LogP contribution in [-0.2, 0) is 4.79 Å². The normalized spacial score (nSPS) is 19.1. The molecular weight excluding hydrogens is 274 g/mol. The van der Waals surface area contributed by atoms with Gasteiger partial charge < -0.3 is 10.0 Å². The summed E-state index contributed by atoms with van der Waals surface area (Å²) >= 11 is 1.64. The van der Waals surface area contributed by atoms with E-state index in [1.165, 1.54) is 0 Å². The second-order valence-electron chi connectivity index (χ2n) is 5.41. The predicted molar refractivity (Wildman–Crippen MR) is 79.3 cm³/mol. The molecule has 1 amide bonds. The highest BCUT2D eigenvalue weighted by Gasteiger charge is 2.29. The third-order valence-corrected chi connectivity index (χ3v) is 4.82. The van der Waals surface area contributed by atoms with Gasteiger partial charge in [-0.05, 0) is 45.6 Å². The van der Waals surface area contributed by atoms with E-state index in [1.54, 1.807) is 11.3 Å². The Bertz CT molecular complexity index is 509. The van der Waals surface area contributed by atoms with Gasteiger partial charge in [-0.25, -0.2) is 0 Å². The first-order chi connectivity index (χ1) is 9.49. The summed E-state index contributed by atoms with van der Waals surface area (Å²) in [6.45, 7) is 4.73. The Morgan fingerprint density at radius 3 is 2.75 bits per heavy atom. The number of carboxylic acids is 1. The first-order valence-corrected chi connectivity index (χ1v) is 7.90. The van der Waals surface area contributed by atoms with Crippen LogP contribution in [0.3, 0.4) is 0 Å². The van der Waals surface area contributed by atoms with E-state index in [0.29, 0.717) is 6.42 Å². The molecule has 1 aliphatic heterocycles. The summed E-state index contributed by atoms with van der Waals surface area (Å²) in [5.41, 5.74) is 0.787. The quantitative estimate of drug-likeness (QED) is 0.928. The van der Waals surface area contributed by atoms with Crippen LogP contribution in [0.15, 0.2) is 6.07 Å². The first kappa shape index (κ1) is 15.0. The molecule has 0 unspecified atom stereocenters. The number of aliphatic carboxylic acids is 1. The van der Waals surface area contributed by atoms with Gasteiger partial charge >= 0.3 is 5.97 Å². The van der Waals surface area contributed by atoms with E-state index >= 15 is 0 Å². The van der Waals surface area contributed by atoms with E-state index in [1.807, 2.05) is 24.8 Å². The zero-order valence-corrected chi connectivity index (χ0v) is 12.8. The molecule has 0 aliphatic carbocycles. The monoisotopic (exact) mass is 295 g/mol. The molecule has 2 heterocycles. The minimum absolute atomic E-state index is 0.0712. The largest absolute Gasteiger partial charge is 0.481 e. The molecule has 1 N–H and O–H groups in total. The van der Waals surface area contributed by atoms with E-state index in [-0.39, 0.29) is 18.4 Å². The highest BCUT2D eigenvalue weighted by Crippen LogP contribution is 2.27. The van der Waals surface area contributed by atoms with Crippen molar-refractivity contribution in [2.45, 2.75) is 52.0 Å². The lowest BCUT2D eigenvalue weighted by Gasteiger charge is -2.35. The molecule has 1 aliphatic rings. The summed E-state index contributed by atoms with van der Waals surface area (Å²) in [4.78, 5) is 27.5. The van der Waals surface area contributed by atoms with Gasteiger partial charge in [-0.3, -0.25) is 9.59 Å². The maximum atomic E-state index is 12.7. The molecule has 0 bridgehead atoms. The van der Waals surface area contributed by atoms with Gasteiger partial charge in [0.15, 0.2) is 0 Å². The third kappa shape index (κ3) is 3.39. The van der Waals surface area contributed by atoms with Crippen LogP contribution < -0.4 is 0 Å². The molecule has 1 fully saturated rings. The van der Waals surface area contributed by atoms with Crippen LogP contribution in [0.4, 0.5) is 0 Å². The fourth-order valence-electron chi connectivity index (χ4n) is 2.86. The van der Waals surface area contributed by atoms with Crippen LogP contribution >= 0.6 is 11.3 Å². The van der Waals surface area contributed by atoms with Crippen molar-refractivity contribution in [1.29, 1.82) is 0 Å². The molecular formula is C15H21NO3S. The molecule has 110 valence electrons. The van der Waals surface area contributed by atoms with Crippen molar-refractivity contribution in [3.63, 3.8) is 0 Å². The molecule has 1 atom stereocenters. The Kier molecular flexibility index (Phi) is 4.81. The van der Waals surface area contributed by atoms with Crippen molar-refractivity contribution in [1.82, 2.24) is 4.90 Å². The molecule has 0 saturated carbocycles. The Balaban J connectivity index is 2.12. The number of carbonyl (C=O) groups excluding carboxylic acids is 1. The number of amides is 1. The second-order valence-corrected chi connectivity index (χ2v) is 6.87. The first-order valence-electron chi connectivity index (χ1n) is 7.09. The smallest absolute Gasteiger partial charge is 0.303 e. The molecule has 2 rings (SSSR count). The summed E-state index contributed by atoms with van der Waals surface area (Å²) in [6.07, 6.45) is 3.70. The van der Waals surface area contributed by atoms with Crippen LogP contribution in [0, 0.1) is 13.8 Å². The molecule has 1 aromatic rings. The van der Waals surface area contributed by atoms with Gasteiger partial charge in [-0.1, -0.05) is 0 Å². The summed E-state index contributed by atoms with van der Waals surface area (Å²) in [6, 6.07) is 2.03. The van der Waals surface area contributed by atoms with Crippen molar-refractivity contribution in [3.8, 4) is 0 Å². The summed E-state index contributed by atoms with van der Waals surface area (Å²) in [5.74, 6) is -0.715. The van der Waals surface area contributed by atoms with Gasteiger partial charge in [0.05, 0.1) is 5.56 Å². The van der Waals surface area contributed by atoms with Crippen molar-refractivity contribution in [3.05, 3.63) is 21.4 Å². The molecule has 0 spiro atoms. The zero-order chi connectivity index (χ0) is 14.7. The van der Waals surface area contributed by atoms with Gasteiger partial charge in [0, 0.05) is 28.8 Å². The van der Waals surface area contributed by atoms with E-state index in [4.69, 9.17) is 5.11 Å². The molecule has 0 aromatic carbocycles. The minimum Gasteiger partial charge on any atom is -0.481 e. The van der Waals surface area contributed by atoms with Crippen LogP contribution in [0.25, 0.3) is 0 Å². The number of carboxylic acid groups (broad SMARTS) is 1. The van der Waals surface area contributed by atoms with Crippen LogP contribution in [0.1, 0.15) is 52.2 Å². The lowest BCUT2D eigenvalue weighted by molar-refractivity contribution is -0.137. The molecule has 1 aromatic heterocycles. The maximum Gasteiger partial charge on any atom is 0.303 e. The molecule has 0 radical (unpaired) electrons. The number of piperidine rings is 1. The van der Waals surface area contributed by atoms with Gasteiger partial charge in [0.2, 0.25) is 0 Å². The minimum atomic E-state index is -0.787. The second kappa shape index (κ2) is 6.39. The number of carbonyl (C=O) groups is 2. The van der Waals surface area contributed by atoms with Gasteiger partial charge in [-0.2, -0.15) is 0 Å². The molecule has 20 heavy (non-hydrogen) atoms. The maximum absolute atomic E-state index is 12.7. The summed E-state index contributed by atoms with van der Waals surface area (Å²) in [7, 11) is 0. The highest BCUT2D eigenvalue weighted by molar-refractivity contribution is 7.12. The average molecular weight is 295 g/mol. The molecule has 4 nitrogen and oxygen atoms in total. The van der Waals surface area contributed by atoms with E-state index in [0.717, 1.165) is 41.1 Å². The number of hydrogen-bond acceptors (Lipinski definition) is 3. The number of likely N-dealkylation sites (tertiary alicyclic amines) is 1. The predicted octanol–water partition coefficient (Wildman–Crippen LogP) is 3.22. The van der Waals surface area contributed by atoms with Gasteiger partial charge in [-0.15, -0.1) is 11.3 Å². The number of nitrogens with zero attached hydrogens (tertiary/aromatic N) is 1. The van der Waals surface area contributed by atoms with Crippen LogP contribution in [-0.4, -0.2) is 34.5 Å². The lowest BCUT2D eigenvalue weighted by atomic mass is 9.97. The summed E-state index contributed by atoms with van der Waals surface area (Å²) < 4.78 is 0. The summed E-state index contributed by atoms with van der Waals surface area (Å²) in [5, 5.41) is 8.83. The SMILES string of the molecule is Cc1cc(C(=O)N2CCCC[C@@H]2CCC(=O)O)c(C)s1. The van der Waals surface area contributed by atoms with Gasteiger partial charge in [0.25, 0.3) is 5.91 Å². The van der Waals surface area contributed by atoms with E-state index in [2.05, 4.69) is 0 Å². The number of thiophene rings is 1. The number of rotatable bonds is 4. The Labute approximate surface area is 123 Å². The number of aryl methyl sites for hydroxylation is 2. The van der Waals surface area contributed by atoms with Gasteiger partial charge in [0.1, 0.15) is 0 Å². The Morgan fingerprint density at radius 1 is 1.40 bits per heavy atom. The zero-order valence-electron chi connectivity index (χ0n) is 12.0. The van der Waals surface area contributed by atoms with Crippen LogP contribution in [0.5, 0.6) is 0 Å². The van der Waals surface area contributed by atoms with Crippen molar-refractivity contribution < 1.29 is 14.7 Å². The van der Waals surface area contributed by atoms with Crippen molar-refractivity contribution in [2.24, 2.45) is 0 Å². The fraction of sp³-hybridized carbons (Fsp3) is 0.600. The average Bonchev–Trinajstić information content (AvgIpc) is 2.75. The third-order valence-electron chi connectivity index (χ3n) is 3.85.